The Balaban J connectivity index is 2.64. The van der Waals surface area contributed by atoms with E-state index in [0.29, 0.717) is 23.2 Å². The van der Waals surface area contributed by atoms with Gasteiger partial charge in [-0.2, -0.15) is 0 Å². The third-order valence-corrected chi connectivity index (χ3v) is 3.53. The summed E-state index contributed by atoms with van der Waals surface area (Å²) in [4.78, 5) is 12.5. The normalized spacial score (nSPS) is 12.4. The molecule has 0 spiro atoms. The van der Waals surface area contributed by atoms with Gasteiger partial charge in [-0.15, -0.1) is 5.10 Å². The highest BCUT2D eigenvalue weighted by molar-refractivity contribution is 9.09. The molecule has 16 heavy (non-hydrogen) atoms. The molecule has 1 heterocycles. The predicted octanol–water partition coefficient (Wildman–Crippen LogP) is 1.24. The lowest BCUT2D eigenvalue weighted by Gasteiger charge is -2.14. The highest BCUT2D eigenvalue weighted by Gasteiger charge is 2.18. The van der Waals surface area contributed by atoms with Crippen molar-refractivity contribution in [2.75, 3.05) is 19.0 Å². The molecule has 0 radical (unpaired) electrons. The lowest BCUT2D eigenvalue weighted by molar-refractivity contribution is 0.0911. The number of amides is 1. The van der Waals surface area contributed by atoms with Crippen LogP contribution >= 0.6 is 27.5 Å². The zero-order valence-electron chi connectivity index (χ0n) is 9.20. The maximum absolute atomic E-state index is 11.9. The van der Waals surface area contributed by atoms with Crippen LogP contribution in [0.15, 0.2) is 0 Å². The molecule has 5 nitrogen and oxygen atoms in total. The van der Waals surface area contributed by atoms with Crippen LogP contribution in [0.3, 0.4) is 0 Å². The lowest BCUT2D eigenvalue weighted by atomic mass is 10.2. The van der Waals surface area contributed by atoms with E-state index in [9.17, 15) is 4.79 Å². The molecule has 0 bridgehead atoms. The quantitative estimate of drug-likeness (QED) is 0.803. The molecule has 1 N–H and O–H groups in total. The molecule has 0 fully saturated rings. The Kier molecular flexibility index (Phi) is 5.86. The fourth-order valence-corrected chi connectivity index (χ4v) is 2.19. The van der Waals surface area contributed by atoms with Crippen LogP contribution in [0.5, 0.6) is 0 Å². The highest BCUT2D eigenvalue weighted by Crippen LogP contribution is 2.11. The van der Waals surface area contributed by atoms with Crippen molar-refractivity contribution >= 4 is 33.4 Å². The van der Waals surface area contributed by atoms with Crippen LogP contribution in [0.2, 0.25) is 0 Å². The molecule has 7 heteroatoms. The summed E-state index contributed by atoms with van der Waals surface area (Å²) >= 11 is 4.45. The fourth-order valence-electron chi connectivity index (χ4n) is 1.19. The van der Waals surface area contributed by atoms with Gasteiger partial charge < -0.3 is 10.1 Å². The predicted molar refractivity (Wildman–Crippen MR) is 66.2 cm³/mol. The summed E-state index contributed by atoms with van der Waals surface area (Å²) in [6.45, 7) is 2.43. The molecule has 1 rings (SSSR count). The molecule has 0 saturated carbocycles. The molecule has 0 aromatic carbocycles. The number of alkyl halides is 1. The number of rotatable bonds is 6. The van der Waals surface area contributed by atoms with Crippen LogP contribution in [-0.4, -0.2) is 40.6 Å². The molecule has 90 valence electrons. The van der Waals surface area contributed by atoms with E-state index in [0.717, 1.165) is 17.2 Å². The minimum absolute atomic E-state index is 0.0377. The number of methoxy groups -OCH3 is 1. The SMILES string of the molecule is CCc1nnsc1C(=O)NC(CBr)COC. The molecule has 0 aliphatic heterocycles. The van der Waals surface area contributed by atoms with Gasteiger partial charge in [-0.1, -0.05) is 27.3 Å². The number of aromatic nitrogens is 2. The van der Waals surface area contributed by atoms with Crippen molar-refractivity contribution in [2.24, 2.45) is 0 Å². The van der Waals surface area contributed by atoms with Crippen molar-refractivity contribution in [3.63, 3.8) is 0 Å². The van der Waals surface area contributed by atoms with E-state index in [-0.39, 0.29) is 11.9 Å². The Morgan fingerprint density at radius 3 is 3.00 bits per heavy atom. The Labute approximate surface area is 107 Å². The molecular weight excluding hydrogens is 294 g/mol. The summed E-state index contributed by atoms with van der Waals surface area (Å²) in [7, 11) is 1.60. The Morgan fingerprint density at radius 2 is 2.44 bits per heavy atom. The molecule has 0 saturated heterocycles. The second-order valence-electron chi connectivity index (χ2n) is 3.18. The number of hydrogen-bond acceptors (Lipinski definition) is 5. The summed E-state index contributed by atoms with van der Waals surface area (Å²) in [5, 5.41) is 7.42. The molecule has 0 aliphatic rings. The minimum atomic E-state index is -0.131. The standard InChI is InChI=1S/C9H14BrN3O2S/c1-3-7-8(16-13-12-7)9(14)11-6(4-10)5-15-2/h6H,3-5H2,1-2H3,(H,11,14). The maximum atomic E-state index is 11.9. The number of hydrogen-bond donors (Lipinski definition) is 1. The fraction of sp³-hybridized carbons (Fsp3) is 0.667. The average molecular weight is 308 g/mol. The van der Waals surface area contributed by atoms with Gasteiger partial charge >= 0.3 is 0 Å². The average Bonchev–Trinajstić information content (AvgIpc) is 2.76. The number of carbonyl (C=O) groups is 1. The van der Waals surface area contributed by atoms with Crippen LogP contribution in [0.4, 0.5) is 0 Å². The summed E-state index contributed by atoms with van der Waals surface area (Å²) < 4.78 is 8.78. The minimum Gasteiger partial charge on any atom is -0.383 e. The Bertz CT molecular complexity index is 345. The van der Waals surface area contributed by atoms with Crippen molar-refractivity contribution in [1.29, 1.82) is 0 Å². The Hall–Kier alpha value is -0.530. The second kappa shape index (κ2) is 6.93. The van der Waals surface area contributed by atoms with E-state index in [4.69, 9.17) is 4.74 Å². The van der Waals surface area contributed by atoms with Gasteiger partial charge in [-0.25, -0.2) is 0 Å². The van der Waals surface area contributed by atoms with E-state index in [1.807, 2.05) is 6.92 Å². The van der Waals surface area contributed by atoms with Gasteiger partial charge in [0.15, 0.2) is 0 Å². The van der Waals surface area contributed by atoms with E-state index >= 15 is 0 Å². The third-order valence-electron chi connectivity index (χ3n) is 1.99. The number of nitrogens with one attached hydrogen (secondary N) is 1. The second-order valence-corrected chi connectivity index (χ2v) is 4.58. The van der Waals surface area contributed by atoms with E-state index < -0.39 is 0 Å². The zero-order chi connectivity index (χ0) is 12.0. The molecule has 1 unspecified atom stereocenters. The summed E-state index contributed by atoms with van der Waals surface area (Å²) in [5.74, 6) is -0.131. The summed E-state index contributed by atoms with van der Waals surface area (Å²) in [5.41, 5.74) is 0.744. The maximum Gasteiger partial charge on any atom is 0.265 e. The molecular formula is C9H14BrN3O2S. The third kappa shape index (κ3) is 3.50. The largest absolute Gasteiger partial charge is 0.383 e. The van der Waals surface area contributed by atoms with Crippen LogP contribution < -0.4 is 5.32 Å². The van der Waals surface area contributed by atoms with Crippen LogP contribution in [0.25, 0.3) is 0 Å². The van der Waals surface area contributed by atoms with E-state index in [1.165, 1.54) is 0 Å². The monoisotopic (exact) mass is 307 g/mol. The highest BCUT2D eigenvalue weighted by atomic mass is 79.9. The first-order valence-corrected chi connectivity index (χ1v) is 6.79. The number of ether oxygens (including phenoxy) is 1. The number of aryl methyl sites for hydroxylation is 1. The van der Waals surface area contributed by atoms with Crippen LogP contribution in [0, 0.1) is 0 Å². The number of carbonyl (C=O) groups excluding carboxylic acids is 1. The first-order chi connectivity index (χ1) is 7.72. The van der Waals surface area contributed by atoms with Crippen molar-refractivity contribution < 1.29 is 9.53 Å². The van der Waals surface area contributed by atoms with Crippen molar-refractivity contribution in [3.8, 4) is 0 Å². The van der Waals surface area contributed by atoms with Gasteiger partial charge in [-0.05, 0) is 18.0 Å². The molecule has 0 aliphatic carbocycles. The van der Waals surface area contributed by atoms with Gasteiger partial charge in [0.05, 0.1) is 18.3 Å². The Morgan fingerprint density at radius 1 is 1.69 bits per heavy atom. The lowest BCUT2D eigenvalue weighted by Crippen LogP contribution is -2.39. The van der Waals surface area contributed by atoms with E-state index in [2.05, 4.69) is 30.8 Å². The summed E-state index contributed by atoms with van der Waals surface area (Å²) in [6.07, 6.45) is 0.711. The number of nitrogens with zero attached hydrogens (tertiary/aromatic N) is 2. The van der Waals surface area contributed by atoms with E-state index in [1.54, 1.807) is 7.11 Å². The number of halogens is 1. The first-order valence-electron chi connectivity index (χ1n) is 4.89. The van der Waals surface area contributed by atoms with Gasteiger partial charge in [-0.3, -0.25) is 4.79 Å². The topological polar surface area (TPSA) is 64.1 Å². The zero-order valence-corrected chi connectivity index (χ0v) is 11.6. The van der Waals surface area contributed by atoms with Crippen LogP contribution in [-0.2, 0) is 11.2 Å². The van der Waals surface area contributed by atoms with Crippen LogP contribution in [0.1, 0.15) is 22.3 Å². The smallest absolute Gasteiger partial charge is 0.265 e. The van der Waals surface area contributed by atoms with Crippen molar-refractivity contribution in [1.82, 2.24) is 14.9 Å². The van der Waals surface area contributed by atoms with Crippen molar-refractivity contribution in [3.05, 3.63) is 10.6 Å². The molecule has 1 atom stereocenters. The van der Waals surface area contributed by atoms with Crippen molar-refractivity contribution in [2.45, 2.75) is 19.4 Å². The molecule has 1 amide bonds. The molecule has 1 aromatic heterocycles. The van der Waals surface area contributed by atoms with Gasteiger partial charge in [0, 0.05) is 12.4 Å². The van der Waals surface area contributed by atoms with Gasteiger partial charge in [0.1, 0.15) is 4.88 Å². The molecule has 1 aromatic rings. The summed E-state index contributed by atoms with van der Waals surface area (Å²) in [6, 6.07) is -0.0377. The van der Waals surface area contributed by atoms with Gasteiger partial charge in [0.25, 0.3) is 5.91 Å². The van der Waals surface area contributed by atoms with Gasteiger partial charge in [0.2, 0.25) is 0 Å². The first kappa shape index (κ1) is 13.5.